The number of esters is 1. The summed E-state index contributed by atoms with van der Waals surface area (Å²) in [4.78, 5) is 11.2. The van der Waals surface area contributed by atoms with Crippen molar-refractivity contribution in [1.29, 1.82) is 0 Å². The van der Waals surface area contributed by atoms with E-state index < -0.39 is 18.2 Å². The van der Waals surface area contributed by atoms with E-state index in [0.29, 0.717) is 10.0 Å². The molecule has 0 amide bonds. The van der Waals surface area contributed by atoms with Crippen LogP contribution in [-0.4, -0.2) is 28.9 Å². The summed E-state index contributed by atoms with van der Waals surface area (Å²) in [6.45, 7) is 1.95. The number of carbonyl (C=O) groups is 1. The van der Waals surface area contributed by atoms with Crippen molar-refractivity contribution in [2.45, 2.75) is 25.6 Å². The molecule has 0 aliphatic carbocycles. The van der Waals surface area contributed by atoms with Crippen LogP contribution in [0.3, 0.4) is 0 Å². The zero-order valence-electron chi connectivity index (χ0n) is 9.47. The smallest absolute Gasteiger partial charge is 0.308 e. The van der Waals surface area contributed by atoms with Crippen molar-refractivity contribution in [3.8, 4) is 0 Å². The molecule has 5 heteroatoms. The summed E-state index contributed by atoms with van der Waals surface area (Å²) in [5, 5.41) is 19.6. The van der Waals surface area contributed by atoms with Crippen molar-refractivity contribution in [2.75, 3.05) is 6.61 Å². The Labute approximate surface area is 108 Å². The van der Waals surface area contributed by atoms with Crippen LogP contribution < -0.4 is 0 Å². The fourth-order valence-electron chi connectivity index (χ4n) is 1.42. The molecule has 0 saturated heterocycles. The standard InChI is InChI=1S/C12H15BrO4/c1-2-17-11(15)7-10(14)12(16)8-5-3-4-6-9(8)13/h3-6,10,12,14,16H,2,7H2,1H3. The molecule has 94 valence electrons. The van der Waals surface area contributed by atoms with Gasteiger partial charge in [0.25, 0.3) is 0 Å². The molecule has 0 radical (unpaired) electrons. The molecule has 1 rings (SSSR count). The largest absolute Gasteiger partial charge is 0.466 e. The molecule has 0 aliphatic heterocycles. The lowest BCUT2D eigenvalue weighted by Crippen LogP contribution is -2.23. The topological polar surface area (TPSA) is 66.8 Å². The third kappa shape index (κ3) is 4.11. The van der Waals surface area contributed by atoms with Gasteiger partial charge in [0.05, 0.1) is 19.1 Å². The van der Waals surface area contributed by atoms with Gasteiger partial charge in [-0.1, -0.05) is 34.1 Å². The van der Waals surface area contributed by atoms with Crippen LogP contribution in [0.15, 0.2) is 28.7 Å². The predicted octanol–water partition coefficient (Wildman–Crippen LogP) is 1.80. The van der Waals surface area contributed by atoms with Gasteiger partial charge in [-0.3, -0.25) is 4.79 Å². The normalized spacial score (nSPS) is 14.1. The minimum Gasteiger partial charge on any atom is -0.466 e. The fourth-order valence-corrected chi connectivity index (χ4v) is 1.94. The Morgan fingerprint density at radius 1 is 1.41 bits per heavy atom. The SMILES string of the molecule is CCOC(=O)CC(O)C(O)c1ccccc1Br. The van der Waals surface area contributed by atoms with E-state index in [2.05, 4.69) is 15.9 Å². The Hall–Kier alpha value is -0.910. The quantitative estimate of drug-likeness (QED) is 0.814. The van der Waals surface area contributed by atoms with Crippen LogP contribution >= 0.6 is 15.9 Å². The molecule has 2 atom stereocenters. The summed E-state index contributed by atoms with van der Waals surface area (Å²) < 4.78 is 5.40. The minimum absolute atomic E-state index is 0.226. The summed E-state index contributed by atoms with van der Waals surface area (Å²) in [7, 11) is 0. The van der Waals surface area contributed by atoms with E-state index in [4.69, 9.17) is 4.74 Å². The van der Waals surface area contributed by atoms with Gasteiger partial charge in [-0.2, -0.15) is 0 Å². The van der Waals surface area contributed by atoms with Gasteiger partial charge in [0, 0.05) is 4.47 Å². The second-order valence-electron chi connectivity index (χ2n) is 3.54. The molecule has 0 saturated carbocycles. The third-order valence-electron chi connectivity index (χ3n) is 2.27. The van der Waals surface area contributed by atoms with Gasteiger partial charge in [-0.05, 0) is 18.6 Å². The lowest BCUT2D eigenvalue weighted by molar-refractivity contribution is -0.147. The predicted molar refractivity (Wildman–Crippen MR) is 66.4 cm³/mol. The van der Waals surface area contributed by atoms with E-state index in [1.807, 2.05) is 0 Å². The Balaban J connectivity index is 2.67. The monoisotopic (exact) mass is 302 g/mol. The van der Waals surface area contributed by atoms with Gasteiger partial charge in [0.1, 0.15) is 6.10 Å². The zero-order valence-corrected chi connectivity index (χ0v) is 11.1. The van der Waals surface area contributed by atoms with E-state index >= 15 is 0 Å². The first-order valence-corrected chi connectivity index (χ1v) is 6.11. The molecule has 4 nitrogen and oxygen atoms in total. The molecule has 0 spiro atoms. The zero-order chi connectivity index (χ0) is 12.8. The highest BCUT2D eigenvalue weighted by Gasteiger charge is 2.23. The number of hydrogen-bond acceptors (Lipinski definition) is 4. The van der Waals surface area contributed by atoms with Crippen LogP contribution in [-0.2, 0) is 9.53 Å². The van der Waals surface area contributed by atoms with Crippen molar-refractivity contribution >= 4 is 21.9 Å². The average Bonchev–Trinajstić information content (AvgIpc) is 2.29. The molecule has 0 bridgehead atoms. The average molecular weight is 303 g/mol. The van der Waals surface area contributed by atoms with Crippen LogP contribution in [0, 0.1) is 0 Å². The molecule has 0 aromatic heterocycles. The number of halogens is 1. The molecule has 2 N–H and O–H groups in total. The number of hydrogen-bond donors (Lipinski definition) is 2. The van der Waals surface area contributed by atoms with Crippen LogP contribution in [0.1, 0.15) is 25.0 Å². The van der Waals surface area contributed by atoms with Crippen molar-refractivity contribution in [2.24, 2.45) is 0 Å². The number of aliphatic hydroxyl groups is 2. The summed E-state index contributed by atoms with van der Waals surface area (Å²) in [6, 6.07) is 7.00. The first kappa shape index (κ1) is 14.2. The van der Waals surface area contributed by atoms with Crippen molar-refractivity contribution < 1.29 is 19.7 Å². The number of rotatable bonds is 5. The number of benzene rings is 1. The van der Waals surface area contributed by atoms with Gasteiger partial charge in [-0.25, -0.2) is 0 Å². The van der Waals surface area contributed by atoms with E-state index in [-0.39, 0.29) is 13.0 Å². The number of ether oxygens (including phenoxy) is 1. The maximum Gasteiger partial charge on any atom is 0.308 e. The minimum atomic E-state index is -1.17. The fraction of sp³-hybridized carbons (Fsp3) is 0.417. The highest BCUT2D eigenvalue weighted by atomic mass is 79.9. The van der Waals surface area contributed by atoms with Gasteiger partial charge in [-0.15, -0.1) is 0 Å². The van der Waals surface area contributed by atoms with Gasteiger partial charge < -0.3 is 14.9 Å². The molecule has 17 heavy (non-hydrogen) atoms. The lowest BCUT2D eigenvalue weighted by Gasteiger charge is -2.18. The van der Waals surface area contributed by atoms with Crippen molar-refractivity contribution in [3.05, 3.63) is 34.3 Å². The van der Waals surface area contributed by atoms with Crippen LogP contribution in [0.4, 0.5) is 0 Å². The Kier molecular flexibility index (Phi) is 5.61. The Bertz CT molecular complexity index is 381. The molecule has 1 aromatic rings. The molecule has 1 aromatic carbocycles. The molecule has 0 fully saturated rings. The van der Waals surface area contributed by atoms with E-state index in [1.165, 1.54) is 0 Å². The highest BCUT2D eigenvalue weighted by Crippen LogP contribution is 2.26. The van der Waals surface area contributed by atoms with Crippen LogP contribution in [0.25, 0.3) is 0 Å². The number of aliphatic hydroxyl groups excluding tert-OH is 2. The van der Waals surface area contributed by atoms with E-state index in [9.17, 15) is 15.0 Å². The summed E-state index contributed by atoms with van der Waals surface area (Å²) in [6.07, 6.45) is -2.51. The summed E-state index contributed by atoms with van der Waals surface area (Å²) in [5.41, 5.74) is 0.546. The van der Waals surface area contributed by atoms with Crippen LogP contribution in [0.5, 0.6) is 0 Å². The Morgan fingerprint density at radius 2 is 2.06 bits per heavy atom. The van der Waals surface area contributed by atoms with E-state index in [1.54, 1.807) is 31.2 Å². The third-order valence-corrected chi connectivity index (χ3v) is 2.99. The number of carbonyl (C=O) groups excluding carboxylic acids is 1. The summed E-state index contributed by atoms with van der Waals surface area (Å²) in [5.74, 6) is -0.522. The van der Waals surface area contributed by atoms with Crippen molar-refractivity contribution in [1.82, 2.24) is 0 Å². The van der Waals surface area contributed by atoms with Crippen LogP contribution in [0.2, 0.25) is 0 Å². The maximum atomic E-state index is 11.2. The van der Waals surface area contributed by atoms with Gasteiger partial charge in [0.2, 0.25) is 0 Å². The molecule has 0 aliphatic rings. The molecule has 2 unspecified atom stereocenters. The second-order valence-corrected chi connectivity index (χ2v) is 4.40. The molecular weight excluding hydrogens is 288 g/mol. The van der Waals surface area contributed by atoms with Gasteiger partial charge in [0.15, 0.2) is 0 Å². The lowest BCUT2D eigenvalue weighted by atomic mass is 10.0. The molecule has 0 heterocycles. The highest BCUT2D eigenvalue weighted by molar-refractivity contribution is 9.10. The van der Waals surface area contributed by atoms with Crippen molar-refractivity contribution in [3.63, 3.8) is 0 Å². The Morgan fingerprint density at radius 3 is 2.65 bits per heavy atom. The van der Waals surface area contributed by atoms with Gasteiger partial charge >= 0.3 is 5.97 Å². The second kappa shape index (κ2) is 6.74. The maximum absolute atomic E-state index is 11.2. The van der Waals surface area contributed by atoms with E-state index in [0.717, 1.165) is 0 Å². The first-order valence-electron chi connectivity index (χ1n) is 5.32. The first-order chi connectivity index (χ1) is 8.06. The summed E-state index contributed by atoms with van der Waals surface area (Å²) >= 11 is 3.27. The molecular formula is C12H15BrO4.